The lowest BCUT2D eigenvalue weighted by atomic mass is 10.00. The number of rotatable bonds is 6. The number of Topliss-reactive ketones (excluding diaryl/α,β-unsaturated/α-hetero) is 1. The molecule has 90 valence electrons. The summed E-state index contributed by atoms with van der Waals surface area (Å²) in [5.41, 5.74) is 1.62. The van der Waals surface area contributed by atoms with Crippen LogP contribution in [-0.4, -0.2) is 11.8 Å². The fourth-order valence-corrected chi connectivity index (χ4v) is 1.27. The number of carbonyl (C=O) groups excluding carboxylic acids is 1. The van der Waals surface area contributed by atoms with E-state index in [-0.39, 0.29) is 11.7 Å². The first-order chi connectivity index (χ1) is 7.42. The number of ketones is 1. The average Bonchev–Trinajstić information content (AvgIpc) is 2.22. The standard InChI is InChI=1S/C14H23NO/c1-7-12(14(16)10(3)4)9-13(8-2)15-11(5)6/h7-11,15H,1H2,2-6H3/b12-9+,13-8+. The van der Waals surface area contributed by atoms with E-state index in [2.05, 4.69) is 25.7 Å². The van der Waals surface area contributed by atoms with Crippen molar-refractivity contribution in [3.63, 3.8) is 0 Å². The zero-order chi connectivity index (χ0) is 12.7. The molecule has 0 amide bonds. The van der Waals surface area contributed by atoms with Crippen LogP contribution in [0.3, 0.4) is 0 Å². The van der Waals surface area contributed by atoms with Crippen LogP contribution in [0.5, 0.6) is 0 Å². The minimum absolute atomic E-state index is 0.00130. The first kappa shape index (κ1) is 14.7. The van der Waals surface area contributed by atoms with Gasteiger partial charge in [0.25, 0.3) is 0 Å². The second-order valence-electron chi connectivity index (χ2n) is 4.37. The van der Waals surface area contributed by atoms with Crippen molar-refractivity contribution in [3.05, 3.63) is 36.1 Å². The lowest BCUT2D eigenvalue weighted by Gasteiger charge is -2.12. The van der Waals surface area contributed by atoms with Crippen molar-refractivity contribution in [2.75, 3.05) is 0 Å². The van der Waals surface area contributed by atoms with Gasteiger partial charge in [-0.15, -0.1) is 0 Å². The molecule has 0 saturated carbocycles. The minimum Gasteiger partial charge on any atom is -0.383 e. The maximum atomic E-state index is 11.8. The third kappa shape index (κ3) is 4.96. The quantitative estimate of drug-likeness (QED) is 0.551. The molecule has 0 saturated heterocycles. The second-order valence-corrected chi connectivity index (χ2v) is 4.37. The third-order valence-electron chi connectivity index (χ3n) is 2.11. The molecule has 0 heterocycles. The summed E-state index contributed by atoms with van der Waals surface area (Å²) in [7, 11) is 0. The summed E-state index contributed by atoms with van der Waals surface area (Å²) in [6.45, 7) is 13.5. The molecule has 0 spiro atoms. The van der Waals surface area contributed by atoms with Crippen LogP contribution in [0.25, 0.3) is 0 Å². The van der Waals surface area contributed by atoms with Gasteiger partial charge in [-0.1, -0.05) is 32.6 Å². The van der Waals surface area contributed by atoms with Crippen molar-refractivity contribution in [3.8, 4) is 0 Å². The molecule has 0 aliphatic heterocycles. The molecule has 0 aromatic rings. The number of hydrogen-bond acceptors (Lipinski definition) is 2. The smallest absolute Gasteiger partial charge is 0.165 e. The van der Waals surface area contributed by atoms with Gasteiger partial charge in [-0.05, 0) is 26.8 Å². The van der Waals surface area contributed by atoms with Gasteiger partial charge in [-0.2, -0.15) is 0 Å². The van der Waals surface area contributed by atoms with E-state index in [9.17, 15) is 4.79 Å². The van der Waals surface area contributed by atoms with Crippen molar-refractivity contribution >= 4 is 5.78 Å². The highest BCUT2D eigenvalue weighted by Gasteiger charge is 2.11. The molecular weight excluding hydrogens is 198 g/mol. The van der Waals surface area contributed by atoms with Crippen LogP contribution in [0, 0.1) is 5.92 Å². The third-order valence-corrected chi connectivity index (χ3v) is 2.11. The highest BCUT2D eigenvalue weighted by Crippen LogP contribution is 2.10. The maximum absolute atomic E-state index is 11.8. The average molecular weight is 221 g/mol. The Labute approximate surface area is 99.1 Å². The Hall–Kier alpha value is -1.31. The van der Waals surface area contributed by atoms with Crippen molar-refractivity contribution in [1.29, 1.82) is 0 Å². The SMILES string of the molecule is C=C/C(=C\C(=C/C)NC(C)C)C(=O)C(C)C. The van der Waals surface area contributed by atoms with Gasteiger partial charge in [-0.3, -0.25) is 4.79 Å². The van der Waals surface area contributed by atoms with E-state index >= 15 is 0 Å². The number of nitrogens with one attached hydrogen (secondary N) is 1. The van der Waals surface area contributed by atoms with Crippen LogP contribution in [0.15, 0.2) is 36.1 Å². The van der Waals surface area contributed by atoms with E-state index < -0.39 is 0 Å². The Morgan fingerprint density at radius 3 is 2.12 bits per heavy atom. The van der Waals surface area contributed by atoms with E-state index in [4.69, 9.17) is 0 Å². The summed E-state index contributed by atoms with van der Waals surface area (Å²) in [6, 6.07) is 0.350. The van der Waals surface area contributed by atoms with Crippen LogP contribution < -0.4 is 5.32 Å². The first-order valence-corrected chi connectivity index (χ1v) is 5.73. The molecule has 16 heavy (non-hydrogen) atoms. The molecule has 0 fully saturated rings. The molecule has 0 aliphatic carbocycles. The van der Waals surface area contributed by atoms with Crippen molar-refractivity contribution in [2.24, 2.45) is 5.92 Å². The number of allylic oxidation sites excluding steroid dienone is 4. The van der Waals surface area contributed by atoms with E-state index in [1.807, 2.05) is 32.9 Å². The highest BCUT2D eigenvalue weighted by molar-refractivity contribution is 5.99. The van der Waals surface area contributed by atoms with E-state index in [1.54, 1.807) is 6.08 Å². The molecule has 0 bridgehead atoms. The topological polar surface area (TPSA) is 29.1 Å². The normalized spacial score (nSPS) is 13.2. The molecule has 2 heteroatoms. The fourth-order valence-electron chi connectivity index (χ4n) is 1.27. The van der Waals surface area contributed by atoms with Crippen molar-refractivity contribution < 1.29 is 4.79 Å². The predicted molar refractivity (Wildman–Crippen MR) is 70.2 cm³/mol. The number of carbonyl (C=O) groups is 1. The largest absolute Gasteiger partial charge is 0.383 e. The molecule has 0 radical (unpaired) electrons. The zero-order valence-electron chi connectivity index (χ0n) is 11.0. The van der Waals surface area contributed by atoms with Crippen LogP contribution in [0.1, 0.15) is 34.6 Å². The van der Waals surface area contributed by atoms with Crippen LogP contribution in [-0.2, 0) is 4.79 Å². The molecule has 0 rings (SSSR count). The molecular formula is C14H23NO. The van der Waals surface area contributed by atoms with Crippen LogP contribution in [0.4, 0.5) is 0 Å². The summed E-state index contributed by atoms with van der Waals surface area (Å²) in [4.78, 5) is 11.8. The van der Waals surface area contributed by atoms with Gasteiger partial charge in [0.1, 0.15) is 0 Å². The van der Waals surface area contributed by atoms with E-state index in [0.717, 1.165) is 5.70 Å². The van der Waals surface area contributed by atoms with E-state index in [0.29, 0.717) is 11.6 Å². The predicted octanol–water partition coefficient (Wildman–Crippen LogP) is 3.23. The van der Waals surface area contributed by atoms with Gasteiger partial charge >= 0.3 is 0 Å². The molecule has 1 N–H and O–H groups in total. The summed E-state index contributed by atoms with van der Waals surface area (Å²) in [6.07, 6.45) is 5.43. The van der Waals surface area contributed by atoms with Gasteiger partial charge in [0.15, 0.2) is 5.78 Å². The van der Waals surface area contributed by atoms with Gasteiger partial charge < -0.3 is 5.32 Å². The van der Waals surface area contributed by atoms with Crippen molar-refractivity contribution in [2.45, 2.75) is 40.7 Å². The van der Waals surface area contributed by atoms with E-state index in [1.165, 1.54) is 0 Å². The maximum Gasteiger partial charge on any atom is 0.165 e. The zero-order valence-corrected chi connectivity index (χ0v) is 11.0. The molecule has 0 atom stereocenters. The summed E-state index contributed by atoms with van der Waals surface area (Å²) in [5.74, 6) is 0.126. The van der Waals surface area contributed by atoms with Gasteiger partial charge in [0.2, 0.25) is 0 Å². The van der Waals surface area contributed by atoms with Crippen LogP contribution >= 0.6 is 0 Å². The Morgan fingerprint density at radius 1 is 1.25 bits per heavy atom. The molecule has 0 unspecified atom stereocenters. The summed E-state index contributed by atoms with van der Waals surface area (Å²) in [5, 5.41) is 3.27. The number of hydrogen-bond donors (Lipinski definition) is 1. The highest BCUT2D eigenvalue weighted by atomic mass is 16.1. The lowest BCUT2D eigenvalue weighted by molar-refractivity contribution is -0.117. The Balaban J connectivity index is 4.93. The molecule has 0 aromatic heterocycles. The van der Waals surface area contributed by atoms with Gasteiger partial charge in [-0.25, -0.2) is 0 Å². The van der Waals surface area contributed by atoms with Crippen molar-refractivity contribution in [1.82, 2.24) is 5.32 Å². The van der Waals surface area contributed by atoms with Gasteiger partial charge in [0, 0.05) is 23.2 Å². The fraction of sp³-hybridized carbons (Fsp3) is 0.500. The Kier molecular flexibility index (Phi) is 6.47. The monoisotopic (exact) mass is 221 g/mol. The Bertz CT molecular complexity index is 309. The molecule has 2 nitrogen and oxygen atoms in total. The summed E-state index contributed by atoms with van der Waals surface area (Å²) < 4.78 is 0. The molecule has 0 aliphatic rings. The lowest BCUT2D eigenvalue weighted by Crippen LogP contribution is -2.21. The first-order valence-electron chi connectivity index (χ1n) is 5.73. The second kappa shape index (κ2) is 7.04. The summed E-state index contributed by atoms with van der Waals surface area (Å²) >= 11 is 0. The molecule has 0 aromatic carbocycles. The van der Waals surface area contributed by atoms with Gasteiger partial charge in [0.05, 0.1) is 0 Å². The minimum atomic E-state index is 0.00130. The van der Waals surface area contributed by atoms with Crippen LogP contribution in [0.2, 0.25) is 0 Å². The Morgan fingerprint density at radius 2 is 1.81 bits per heavy atom.